The maximum absolute atomic E-state index is 11.3. The SMILES string of the molecule is O=C=Nc1ccc(-c2ccc(O)cc2)cc1S(=O)(=O)O. The number of phenols is 1. The molecule has 0 aromatic heterocycles. The molecule has 0 atom stereocenters. The molecule has 0 amide bonds. The Bertz CT molecular complexity index is 790. The van der Waals surface area contributed by atoms with E-state index in [1.165, 1.54) is 36.4 Å². The van der Waals surface area contributed by atoms with Gasteiger partial charge in [-0.2, -0.15) is 13.4 Å². The number of isocyanates is 1. The van der Waals surface area contributed by atoms with Crippen molar-refractivity contribution in [3.8, 4) is 16.9 Å². The minimum Gasteiger partial charge on any atom is -0.508 e. The minimum absolute atomic E-state index is 0.0749. The molecule has 0 heterocycles. The van der Waals surface area contributed by atoms with E-state index in [0.717, 1.165) is 0 Å². The zero-order valence-corrected chi connectivity index (χ0v) is 10.8. The van der Waals surface area contributed by atoms with Crippen LogP contribution >= 0.6 is 0 Å². The monoisotopic (exact) mass is 291 g/mol. The zero-order valence-electron chi connectivity index (χ0n) is 10.0. The van der Waals surface area contributed by atoms with Gasteiger partial charge in [0.25, 0.3) is 10.1 Å². The lowest BCUT2D eigenvalue weighted by Gasteiger charge is -2.06. The van der Waals surface area contributed by atoms with Gasteiger partial charge in [-0.15, -0.1) is 0 Å². The highest BCUT2D eigenvalue weighted by atomic mass is 32.2. The summed E-state index contributed by atoms with van der Waals surface area (Å²) in [6.45, 7) is 0. The van der Waals surface area contributed by atoms with Crippen molar-refractivity contribution >= 4 is 21.9 Å². The van der Waals surface area contributed by atoms with Crippen molar-refractivity contribution in [2.75, 3.05) is 0 Å². The normalized spacial score (nSPS) is 10.8. The quantitative estimate of drug-likeness (QED) is 0.513. The second-order valence-electron chi connectivity index (χ2n) is 3.91. The lowest BCUT2D eigenvalue weighted by Crippen LogP contribution is -1.99. The summed E-state index contributed by atoms with van der Waals surface area (Å²) in [5.41, 5.74) is 0.932. The van der Waals surface area contributed by atoms with Gasteiger partial charge in [-0.3, -0.25) is 4.55 Å². The van der Waals surface area contributed by atoms with Gasteiger partial charge in [0.05, 0.1) is 5.69 Å². The molecule has 0 aliphatic heterocycles. The number of phenolic OH excluding ortho intramolecular Hbond substituents is 1. The fraction of sp³-hybridized carbons (Fsp3) is 0. The smallest absolute Gasteiger partial charge is 0.296 e. The van der Waals surface area contributed by atoms with E-state index in [2.05, 4.69) is 4.99 Å². The molecule has 0 bridgehead atoms. The van der Waals surface area contributed by atoms with Crippen LogP contribution in [0, 0.1) is 0 Å². The van der Waals surface area contributed by atoms with Crippen LogP contribution in [0.1, 0.15) is 0 Å². The maximum Gasteiger partial charge on any atom is 0.296 e. The molecule has 2 N–H and O–H groups in total. The number of carbonyl (C=O) groups excluding carboxylic acids is 1. The molecule has 0 spiro atoms. The second-order valence-corrected chi connectivity index (χ2v) is 5.30. The summed E-state index contributed by atoms with van der Waals surface area (Å²) in [6.07, 6.45) is 1.23. The van der Waals surface area contributed by atoms with Crippen LogP contribution < -0.4 is 0 Å². The summed E-state index contributed by atoms with van der Waals surface area (Å²) < 4.78 is 31.7. The molecule has 7 heteroatoms. The van der Waals surface area contributed by atoms with E-state index in [9.17, 15) is 18.3 Å². The fourth-order valence-electron chi connectivity index (χ4n) is 1.70. The number of rotatable bonds is 3. The van der Waals surface area contributed by atoms with Crippen molar-refractivity contribution in [3.05, 3.63) is 42.5 Å². The molecular formula is C13H9NO5S. The van der Waals surface area contributed by atoms with Crippen LogP contribution in [0.3, 0.4) is 0 Å². The Morgan fingerprint density at radius 1 is 1.00 bits per heavy atom. The molecule has 2 aromatic carbocycles. The van der Waals surface area contributed by atoms with Crippen molar-refractivity contribution in [2.45, 2.75) is 4.90 Å². The number of hydrogen-bond donors (Lipinski definition) is 2. The van der Waals surface area contributed by atoms with E-state index in [0.29, 0.717) is 11.1 Å². The fourth-order valence-corrected chi connectivity index (χ4v) is 2.35. The van der Waals surface area contributed by atoms with Gasteiger partial charge in [0, 0.05) is 0 Å². The highest BCUT2D eigenvalue weighted by molar-refractivity contribution is 7.86. The molecule has 0 fully saturated rings. The lowest BCUT2D eigenvalue weighted by molar-refractivity contribution is 0.475. The Hall–Kier alpha value is -2.47. The highest BCUT2D eigenvalue weighted by Gasteiger charge is 2.16. The van der Waals surface area contributed by atoms with Crippen LogP contribution in [0.2, 0.25) is 0 Å². The second kappa shape index (κ2) is 5.26. The molecule has 2 rings (SSSR count). The van der Waals surface area contributed by atoms with Gasteiger partial charge in [-0.25, -0.2) is 4.79 Å². The third-order valence-corrected chi connectivity index (χ3v) is 3.49. The molecule has 0 aliphatic rings. The Morgan fingerprint density at radius 3 is 2.15 bits per heavy atom. The Labute approximate surface area is 114 Å². The van der Waals surface area contributed by atoms with Crippen LogP contribution in [0.25, 0.3) is 11.1 Å². The lowest BCUT2D eigenvalue weighted by atomic mass is 10.1. The number of hydrogen-bond acceptors (Lipinski definition) is 5. The summed E-state index contributed by atoms with van der Waals surface area (Å²) >= 11 is 0. The van der Waals surface area contributed by atoms with Crippen molar-refractivity contribution < 1.29 is 22.9 Å². The zero-order chi connectivity index (χ0) is 14.8. The van der Waals surface area contributed by atoms with E-state index in [4.69, 9.17) is 4.55 Å². The van der Waals surface area contributed by atoms with Crippen molar-refractivity contribution in [1.82, 2.24) is 0 Å². The summed E-state index contributed by atoms with van der Waals surface area (Å²) in [7, 11) is -4.52. The Balaban J connectivity index is 2.63. The van der Waals surface area contributed by atoms with E-state index in [-0.39, 0.29) is 11.4 Å². The number of nitrogens with zero attached hydrogens (tertiary/aromatic N) is 1. The van der Waals surface area contributed by atoms with Gasteiger partial charge in [0.15, 0.2) is 0 Å². The van der Waals surface area contributed by atoms with Crippen LogP contribution in [-0.4, -0.2) is 24.2 Å². The average molecular weight is 291 g/mol. The van der Waals surface area contributed by atoms with E-state index >= 15 is 0 Å². The van der Waals surface area contributed by atoms with Crippen molar-refractivity contribution in [1.29, 1.82) is 0 Å². The van der Waals surface area contributed by atoms with Crippen LogP contribution in [0.15, 0.2) is 52.4 Å². The maximum atomic E-state index is 11.3. The predicted molar refractivity (Wildman–Crippen MR) is 71.1 cm³/mol. The van der Waals surface area contributed by atoms with Crippen LogP contribution in [0.5, 0.6) is 5.75 Å². The van der Waals surface area contributed by atoms with E-state index in [1.807, 2.05) is 0 Å². The Kier molecular flexibility index (Phi) is 3.67. The third kappa shape index (κ3) is 2.92. The predicted octanol–water partition coefficient (Wildman–Crippen LogP) is 2.27. The summed E-state index contributed by atoms with van der Waals surface area (Å²) in [5, 5.41) is 9.21. The molecule has 2 aromatic rings. The molecule has 0 unspecified atom stereocenters. The first-order valence-corrected chi connectivity index (χ1v) is 6.84. The highest BCUT2D eigenvalue weighted by Crippen LogP contribution is 2.30. The molecular weight excluding hydrogens is 282 g/mol. The standard InChI is InChI=1S/C13H9NO5S/c15-8-14-12-6-3-10(7-13(12)20(17,18)19)9-1-4-11(16)5-2-9/h1-7,16H,(H,17,18,19). The summed E-state index contributed by atoms with van der Waals surface area (Å²) in [4.78, 5) is 13.0. The first kappa shape index (κ1) is 14.0. The first-order chi connectivity index (χ1) is 9.41. The van der Waals surface area contributed by atoms with Gasteiger partial charge in [-0.05, 0) is 35.4 Å². The number of aliphatic imine (C=N–C) groups is 1. The molecule has 102 valence electrons. The van der Waals surface area contributed by atoms with E-state index < -0.39 is 15.0 Å². The van der Waals surface area contributed by atoms with Gasteiger partial charge in [-0.1, -0.05) is 18.2 Å². The van der Waals surface area contributed by atoms with Gasteiger partial charge >= 0.3 is 0 Å². The van der Waals surface area contributed by atoms with Crippen molar-refractivity contribution in [2.24, 2.45) is 4.99 Å². The topological polar surface area (TPSA) is 104 Å². The summed E-state index contributed by atoms with van der Waals surface area (Å²) in [6, 6.07) is 10.1. The van der Waals surface area contributed by atoms with Gasteiger partial charge in [0.2, 0.25) is 6.08 Å². The van der Waals surface area contributed by atoms with Crippen LogP contribution in [-0.2, 0) is 14.9 Å². The molecule has 0 radical (unpaired) electrons. The number of benzene rings is 2. The van der Waals surface area contributed by atoms with Crippen LogP contribution in [0.4, 0.5) is 5.69 Å². The largest absolute Gasteiger partial charge is 0.508 e. The molecule has 20 heavy (non-hydrogen) atoms. The molecule has 6 nitrogen and oxygen atoms in total. The molecule has 0 saturated heterocycles. The number of aromatic hydroxyl groups is 1. The van der Waals surface area contributed by atoms with Crippen molar-refractivity contribution in [3.63, 3.8) is 0 Å². The van der Waals surface area contributed by atoms with Gasteiger partial charge < -0.3 is 5.11 Å². The van der Waals surface area contributed by atoms with Gasteiger partial charge in [0.1, 0.15) is 10.6 Å². The third-order valence-electron chi connectivity index (χ3n) is 2.60. The average Bonchev–Trinajstić information content (AvgIpc) is 2.39. The molecule has 0 aliphatic carbocycles. The van der Waals surface area contributed by atoms with E-state index in [1.54, 1.807) is 12.1 Å². The molecule has 0 saturated carbocycles. The first-order valence-electron chi connectivity index (χ1n) is 5.40. The Morgan fingerprint density at radius 2 is 1.60 bits per heavy atom. The summed E-state index contributed by atoms with van der Waals surface area (Å²) in [5.74, 6) is 0.0749. The minimum atomic E-state index is -4.52.